The molecule has 6 N–H and O–H groups in total. The van der Waals surface area contributed by atoms with E-state index in [-0.39, 0.29) is 23.2 Å². The fourth-order valence-corrected chi connectivity index (χ4v) is 1.93. The molecule has 0 bridgehead atoms. The molecule has 2 rings (SSSR count). The molecule has 0 aliphatic rings. The Hall–Kier alpha value is -2.74. The second kappa shape index (κ2) is 7.01. The van der Waals surface area contributed by atoms with Gasteiger partial charge in [0.05, 0.1) is 17.4 Å². The number of carbonyl (C=O) groups excluding carboxylic acids is 1. The van der Waals surface area contributed by atoms with E-state index in [1.165, 1.54) is 0 Å². The quantitative estimate of drug-likeness (QED) is 0.641. The molecule has 23 heavy (non-hydrogen) atoms. The van der Waals surface area contributed by atoms with Crippen LogP contribution >= 0.6 is 0 Å². The summed E-state index contributed by atoms with van der Waals surface area (Å²) in [6.07, 6.45) is 3.26. The minimum atomic E-state index is -0.780. The van der Waals surface area contributed by atoms with Crippen LogP contribution in [0.15, 0.2) is 24.5 Å². The highest BCUT2D eigenvalue weighted by Gasteiger charge is 2.17. The molecule has 0 fully saturated rings. The summed E-state index contributed by atoms with van der Waals surface area (Å²) in [6.45, 7) is 3.98. The number of aryl methyl sites for hydroxylation is 1. The van der Waals surface area contributed by atoms with E-state index in [9.17, 15) is 9.18 Å². The van der Waals surface area contributed by atoms with Crippen LogP contribution in [0, 0.1) is 12.7 Å². The number of amides is 1. The molecule has 0 saturated heterocycles. The van der Waals surface area contributed by atoms with Gasteiger partial charge in [0.15, 0.2) is 11.6 Å². The molecule has 0 saturated carbocycles. The van der Waals surface area contributed by atoms with Gasteiger partial charge in [0.25, 0.3) is 5.91 Å². The van der Waals surface area contributed by atoms with E-state index >= 15 is 0 Å². The number of hydrogen-bond donors (Lipinski definition) is 4. The van der Waals surface area contributed by atoms with Crippen LogP contribution in [-0.4, -0.2) is 28.5 Å². The number of aromatic nitrogens is 2. The average molecular weight is 318 g/mol. The zero-order valence-corrected chi connectivity index (χ0v) is 12.9. The molecular weight excluding hydrogens is 299 g/mol. The van der Waals surface area contributed by atoms with Crippen molar-refractivity contribution in [3.05, 3.63) is 41.5 Å². The van der Waals surface area contributed by atoms with Crippen LogP contribution in [-0.2, 0) is 0 Å². The van der Waals surface area contributed by atoms with Crippen molar-refractivity contribution in [2.75, 3.05) is 17.2 Å². The van der Waals surface area contributed by atoms with Gasteiger partial charge in [-0.3, -0.25) is 9.78 Å². The maximum absolute atomic E-state index is 14.1. The van der Waals surface area contributed by atoms with Crippen LogP contribution in [0.2, 0.25) is 0 Å². The minimum absolute atomic E-state index is 0.00365. The Morgan fingerprint density at radius 2 is 2.09 bits per heavy atom. The molecule has 2 aromatic rings. The van der Waals surface area contributed by atoms with Crippen LogP contribution in [0.4, 0.5) is 21.7 Å². The molecule has 0 spiro atoms. The monoisotopic (exact) mass is 318 g/mol. The summed E-state index contributed by atoms with van der Waals surface area (Å²) in [4.78, 5) is 19.7. The van der Waals surface area contributed by atoms with Crippen LogP contribution in [0.1, 0.15) is 22.8 Å². The number of nitrogens with one attached hydrogen (secondary N) is 2. The lowest BCUT2D eigenvalue weighted by atomic mass is 10.2. The van der Waals surface area contributed by atoms with Gasteiger partial charge in [-0.25, -0.2) is 9.37 Å². The van der Waals surface area contributed by atoms with Crippen molar-refractivity contribution in [1.82, 2.24) is 9.97 Å². The van der Waals surface area contributed by atoms with Gasteiger partial charge < -0.3 is 22.1 Å². The maximum Gasteiger partial charge on any atom is 0.252 e. The van der Waals surface area contributed by atoms with E-state index < -0.39 is 11.7 Å². The Labute approximate surface area is 133 Å². The molecule has 2 heterocycles. The van der Waals surface area contributed by atoms with Crippen molar-refractivity contribution >= 4 is 23.2 Å². The Bertz CT molecular complexity index is 721. The smallest absolute Gasteiger partial charge is 0.252 e. The summed E-state index contributed by atoms with van der Waals surface area (Å²) in [5.41, 5.74) is 12.3. The molecular formula is C15H19FN6O. The third-order valence-corrected chi connectivity index (χ3v) is 3.12. The van der Waals surface area contributed by atoms with Crippen LogP contribution in [0.5, 0.6) is 0 Å². The fourth-order valence-electron chi connectivity index (χ4n) is 1.93. The summed E-state index contributed by atoms with van der Waals surface area (Å²) in [7, 11) is 0. The molecule has 122 valence electrons. The van der Waals surface area contributed by atoms with Gasteiger partial charge in [0, 0.05) is 18.8 Å². The third kappa shape index (κ3) is 4.13. The second-order valence-electron chi connectivity index (χ2n) is 5.24. The molecule has 0 aliphatic carbocycles. The number of hydrogen-bond acceptors (Lipinski definition) is 6. The molecule has 0 unspecified atom stereocenters. The molecule has 0 aromatic carbocycles. The number of nitrogens with two attached hydrogens (primary N) is 2. The maximum atomic E-state index is 14.1. The lowest BCUT2D eigenvalue weighted by molar-refractivity contribution is 0.100. The molecule has 1 atom stereocenters. The lowest BCUT2D eigenvalue weighted by Crippen LogP contribution is -2.26. The van der Waals surface area contributed by atoms with E-state index in [0.717, 1.165) is 11.6 Å². The SMILES string of the molecule is Cc1cncc(Nc2nc(N[C@H](C)CN)c(F)cc2C(N)=O)c1. The Morgan fingerprint density at radius 1 is 1.35 bits per heavy atom. The van der Waals surface area contributed by atoms with Gasteiger partial charge in [0.2, 0.25) is 0 Å². The van der Waals surface area contributed by atoms with Gasteiger partial charge in [-0.15, -0.1) is 0 Å². The van der Waals surface area contributed by atoms with Gasteiger partial charge >= 0.3 is 0 Å². The first-order valence-corrected chi connectivity index (χ1v) is 7.06. The van der Waals surface area contributed by atoms with Crippen molar-refractivity contribution in [3.63, 3.8) is 0 Å². The second-order valence-corrected chi connectivity index (χ2v) is 5.24. The number of primary amides is 1. The lowest BCUT2D eigenvalue weighted by Gasteiger charge is -2.16. The van der Waals surface area contributed by atoms with Crippen molar-refractivity contribution in [2.45, 2.75) is 19.9 Å². The summed E-state index contributed by atoms with van der Waals surface area (Å²) < 4.78 is 14.1. The number of anilines is 3. The van der Waals surface area contributed by atoms with E-state index in [1.807, 2.05) is 13.0 Å². The summed E-state index contributed by atoms with van der Waals surface area (Å²) in [6, 6.07) is 2.69. The molecule has 7 nitrogen and oxygen atoms in total. The largest absolute Gasteiger partial charge is 0.365 e. The topological polar surface area (TPSA) is 119 Å². The van der Waals surface area contributed by atoms with Crippen molar-refractivity contribution in [1.29, 1.82) is 0 Å². The molecule has 1 amide bonds. The molecule has 8 heteroatoms. The van der Waals surface area contributed by atoms with Crippen molar-refractivity contribution in [2.24, 2.45) is 11.5 Å². The predicted molar refractivity (Wildman–Crippen MR) is 87.1 cm³/mol. The first-order chi connectivity index (χ1) is 10.9. The Morgan fingerprint density at radius 3 is 2.70 bits per heavy atom. The highest BCUT2D eigenvalue weighted by Crippen LogP contribution is 2.24. The van der Waals surface area contributed by atoms with Gasteiger partial charge in [-0.2, -0.15) is 0 Å². The first-order valence-electron chi connectivity index (χ1n) is 7.06. The van der Waals surface area contributed by atoms with Crippen LogP contribution in [0.3, 0.4) is 0 Å². The van der Waals surface area contributed by atoms with Gasteiger partial charge in [-0.1, -0.05) is 0 Å². The molecule has 0 radical (unpaired) electrons. The third-order valence-electron chi connectivity index (χ3n) is 3.12. The molecule has 2 aromatic heterocycles. The van der Waals surface area contributed by atoms with Crippen LogP contribution in [0.25, 0.3) is 0 Å². The summed E-state index contributed by atoms with van der Waals surface area (Å²) >= 11 is 0. The average Bonchev–Trinajstić information content (AvgIpc) is 2.49. The van der Waals surface area contributed by atoms with Gasteiger partial charge in [0.1, 0.15) is 5.82 Å². The number of carbonyl (C=O) groups is 1. The van der Waals surface area contributed by atoms with E-state index in [0.29, 0.717) is 12.2 Å². The Kier molecular flexibility index (Phi) is 5.07. The number of nitrogens with zero attached hydrogens (tertiary/aromatic N) is 2. The zero-order valence-electron chi connectivity index (χ0n) is 12.9. The molecule has 0 aliphatic heterocycles. The van der Waals surface area contributed by atoms with E-state index in [2.05, 4.69) is 20.6 Å². The number of pyridine rings is 2. The first kappa shape index (κ1) is 16.6. The number of rotatable bonds is 6. The predicted octanol–water partition coefficient (Wildman–Crippen LogP) is 1.53. The van der Waals surface area contributed by atoms with Crippen molar-refractivity contribution < 1.29 is 9.18 Å². The van der Waals surface area contributed by atoms with Gasteiger partial charge in [-0.05, 0) is 31.5 Å². The Balaban J connectivity index is 2.42. The highest BCUT2D eigenvalue weighted by atomic mass is 19.1. The normalized spacial score (nSPS) is 11.8. The highest BCUT2D eigenvalue weighted by molar-refractivity contribution is 5.98. The standard InChI is InChI=1S/C15H19FN6O/c1-8-3-10(7-19-6-8)21-14-11(13(18)23)4-12(16)15(22-14)20-9(2)5-17/h3-4,6-7,9H,5,17H2,1-2H3,(H2,18,23)(H2,20,21,22)/t9-/m1/s1. The number of halogens is 1. The zero-order chi connectivity index (χ0) is 17.0. The van der Waals surface area contributed by atoms with Crippen molar-refractivity contribution in [3.8, 4) is 0 Å². The van der Waals surface area contributed by atoms with Crippen LogP contribution < -0.4 is 22.1 Å². The summed E-state index contributed by atoms with van der Waals surface area (Å²) in [5, 5.41) is 5.79. The van der Waals surface area contributed by atoms with E-state index in [4.69, 9.17) is 11.5 Å². The summed E-state index contributed by atoms with van der Waals surface area (Å²) in [5.74, 6) is -1.31. The van der Waals surface area contributed by atoms with E-state index in [1.54, 1.807) is 19.3 Å². The minimum Gasteiger partial charge on any atom is -0.365 e. The fraction of sp³-hybridized carbons (Fsp3) is 0.267.